The normalized spacial score (nSPS) is 12.2. The molecule has 112 valence electrons. The van der Waals surface area contributed by atoms with Crippen LogP contribution in [-0.2, 0) is 0 Å². The van der Waals surface area contributed by atoms with Gasteiger partial charge >= 0.3 is 0 Å². The van der Waals surface area contributed by atoms with Gasteiger partial charge in [-0.3, -0.25) is 11.3 Å². The summed E-state index contributed by atoms with van der Waals surface area (Å²) in [5, 5.41) is 0. The highest BCUT2D eigenvalue weighted by Crippen LogP contribution is 2.24. The first-order valence-corrected chi connectivity index (χ1v) is 7.33. The second-order valence-electron chi connectivity index (χ2n) is 5.46. The van der Waals surface area contributed by atoms with E-state index in [9.17, 15) is 0 Å². The molecule has 0 aliphatic carbocycles. The number of ether oxygens (including phenoxy) is 1. The van der Waals surface area contributed by atoms with Crippen LogP contribution in [0.1, 0.15) is 34.7 Å². The molecule has 2 aromatic carbocycles. The number of hydrazine groups is 1. The molecule has 0 saturated heterocycles. The number of para-hydroxylation sites is 1. The van der Waals surface area contributed by atoms with Crippen molar-refractivity contribution in [2.24, 2.45) is 5.84 Å². The summed E-state index contributed by atoms with van der Waals surface area (Å²) in [6, 6.07) is 14.4. The van der Waals surface area contributed by atoms with Crippen molar-refractivity contribution < 1.29 is 4.74 Å². The lowest BCUT2D eigenvalue weighted by atomic mass is 9.94. The molecule has 3 nitrogen and oxygen atoms in total. The van der Waals surface area contributed by atoms with Crippen LogP contribution < -0.4 is 16.0 Å². The third kappa shape index (κ3) is 4.06. The summed E-state index contributed by atoms with van der Waals surface area (Å²) in [4.78, 5) is 0. The summed E-state index contributed by atoms with van der Waals surface area (Å²) >= 11 is 0. The van der Waals surface area contributed by atoms with Gasteiger partial charge in [0.2, 0.25) is 0 Å². The standard InChI is InChI=1S/C18H24N2O/c1-13-11-15(3)17(12-14(13)2)18(20-19)9-10-21-16-7-5-4-6-8-16/h4-8,11-12,18,20H,9-10,19H2,1-3H3. The van der Waals surface area contributed by atoms with E-state index in [2.05, 4.69) is 38.3 Å². The summed E-state index contributed by atoms with van der Waals surface area (Å²) in [7, 11) is 0. The molecule has 3 N–H and O–H groups in total. The number of hydrogen-bond donors (Lipinski definition) is 2. The molecule has 3 heteroatoms. The van der Waals surface area contributed by atoms with E-state index >= 15 is 0 Å². The highest BCUT2D eigenvalue weighted by molar-refractivity contribution is 5.38. The van der Waals surface area contributed by atoms with Crippen LogP contribution in [0.25, 0.3) is 0 Å². The van der Waals surface area contributed by atoms with Crippen molar-refractivity contribution in [3.05, 3.63) is 64.7 Å². The van der Waals surface area contributed by atoms with Crippen molar-refractivity contribution in [1.29, 1.82) is 0 Å². The largest absolute Gasteiger partial charge is 0.494 e. The molecule has 0 radical (unpaired) electrons. The molecule has 0 spiro atoms. The average Bonchev–Trinajstić information content (AvgIpc) is 2.49. The number of benzene rings is 2. The Morgan fingerprint density at radius 3 is 2.33 bits per heavy atom. The van der Waals surface area contributed by atoms with Gasteiger partial charge in [0, 0.05) is 12.5 Å². The zero-order valence-corrected chi connectivity index (χ0v) is 13.0. The summed E-state index contributed by atoms with van der Waals surface area (Å²) < 4.78 is 5.76. The van der Waals surface area contributed by atoms with Crippen molar-refractivity contribution in [3.8, 4) is 5.75 Å². The fourth-order valence-corrected chi connectivity index (χ4v) is 2.50. The first kappa shape index (κ1) is 15.5. The lowest BCUT2D eigenvalue weighted by Crippen LogP contribution is -2.30. The molecule has 0 fully saturated rings. The van der Waals surface area contributed by atoms with Gasteiger partial charge in [-0.05, 0) is 55.2 Å². The topological polar surface area (TPSA) is 47.3 Å². The molecule has 0 bridgehead atoms. The Kier molecular flexibility index (Phi) is 5.37. The van der Waals surface area contributed by atoms with Crippen molar-refractivity contribution >= 4 is 0 Å². The maximum Gasteiger partial charge on any atom is 0.119 e. The smallest absolute Gasteiger partial charge is 0.119 e. The van der Waals surface area contributed by atoms with Crippen molar-refractivity contribution in [2.75, 3.05) is 6.61 Å². The zero-order valence-electron chi connectivity index (χ0n) is 13.0. The van der Waals surface area contributed by atoms with Gasteiger partial charge in [-0.2, -0.15) is 0 Å². The van der Waals surface area contributed by atoms with Crippen molar-refractivity contribution in [1.82, 2.24) is 5.43 Å². The summed E-state index contributed by atoms with van der Waals surface area (Å²) in [5.74, 6) is 6.63. The summed E-state index contributed by atoms with van der Waals surface area (Å²) in [5.41, 5.74) is 8.03. The van der Waals surface area contributed by atoms with Gasteiger partial charge in [0.1, 0.15) is 5.75 Å². The SMILES string of the molecule is Cc1cc(C)c(C(CCOc2ccccc2)NN)cc1C. The summed E-state index contributed by atoms with van der Waals surface area (Å²) in [6.45, 7) is 7.03. The first-order valence-electron chi connectivity index (χ1n) is 7.33. The number of aryl methyl sites for hydroxylation is 3. The van der Waals surface area contributed by atoms with E-state index in [-0.39, 0.29) is 6.04 Å². The van der Waals surface area contributed by atoms with E-state index in [0.29, 0.717) is 6.61 Å². The highest BCUT2D eigenvalue weighted by Gasteiger charge is 2.13. The Morgan fingerprint density at radius 2 is 1.67 bits per heavy atom. The van der Waals surface area contributed by atoms with Crippen LogP contribution >= 0.6 is 0 Å². The lowest BCUT2D eigenvalue weighted by molar-refractivity contribution is 0.287. The van der Waals surface area contributed by atoms with E-state index in [1.165, 1.54) is 22.3 Å². The molecular formula is C18H24N2O. The predicted molar refractivity (Wildman–Crippen MR) is 87.3 cm³/mol. The van der Waals surface area contributed by atoms with Gasteiger partial charge in [-0.1, -0.05) is 30.3 Å². The van der Waals surface area contributed by atoms with Gasteiger partial charge in [-0.25, -0.2) is 0 Å². The number of rotatable bonds is 6. The first-order chi connectivity index (χ1) is 10.1. The predicted octanol–water partition coefficient (Wildman–Crippen LogP) is 3.59. The minimum absolute atomic E-state index is 0.105. The lowest BCUT2D eigenvalue weighted by Gasteiger charge is -2.20. The third-order valence-corrected chi connectivity index (χ3v) is 3.88. The molecule has 2 aromatic rings. The van der Waals surface area contributed by atoms with Gasteiger partial charge in [0.15, 0.2) is 0 Å². The van der Waals surface area contributed by atoms with Crippen molar-refractivity contribution in [2.45, 2.75) is 33.2 Å². The molecule has 0 amide bonds. The van der Waals surface area contributed by atoms with Crippen molar-refractivity contribution in [3.63, 3.8) is 0 Å². The zero-order chi connectivity index (χ0) is 15.2. The molecule has 0 aromatic heterocycles. The second kappa shape index (κ2) is 7.25. The van der Waals surface area contributed by atoms with Gasteiger partial charge in [0.25, 0.3) is 0 Å². The number of hydrogen-bond acceptors (Lipinski definition) is 3. The minimum Gasteiger partial charge on any atom is -0.494 e. The molecular weight excluding hydrogens is 260 g/mol. The molecule has 21 heavy (non-hydrogen) atoms. The Morgan fingerprint density at radius 1 is 1.00 bits per heavy atom. The number of nitrogens with two attached hydrogens (primary N) is 1. The molecule has 2 rings (SSSR count). The number of nitrogens with one attached hydrogen (secondary N) is 1. The van der Waals surface area contributed by atoms with Crippen LogP contribution in [0.4, 0.5) is 0 Å². The van der Waals surface area contributed by atoms with E-state index in [0.717, 1.165) is 12.2 Å². The highest BCUT2D eigenvalue weighted by atomic mass is 16.5. The Balaban J connectivity index is 2.02. The average molecular weight is 284 g/mol. The molecule has 0 aliphatic rings. The van der Waals surface area contributed by atoms with Crippen LogP contribution in [0.15, 0.2) is 42.5 Å². The van der Waals surface area contributed by atoms with Crippen LogP contribution in [0.3, 0.4) is 0 Å². The molecule has 0 saturated carbocycles. The van der Waals surface area contributed by atoms with Crippen LogP contribution in [0.2, 0.25) is 0 Å². The van der Waals surface area contributed by atoms with E-state index in [1.807, 2.05) is 30.3 Å². The quantitative estimate of drug-likeness (QED) is 0.629. The van der Waals surface area contributed by atoms with Gasteiger partial charge < -0.3 is 4.74 Å². The second-order valence-corrected chi connectivity index (χ2v) is 5.46. The maximum absolute atomic E-state index is 5.76. The Labute approximate surface area is 127 Å². The fourth-order valence-electron chi connectivity index (χ4n) is 2.50. The molecule has 0 heterocycles. The Bertz CT molecular complexity index is 581. The maximum atomic E-state index is 5.76. The fraction of sp³-hybridized carbons (Fsp3) is 0.333. The molecule has 1 atom stereocenters. The molecule has 0 aliphatic heterocycles. The van der Waals surface area contributed by atoms with E-state index < -0.39 is 0 Å². The van der Waals surface area contributed by atoms with E-state index in [1.54, 1.807) is 0 Å². The molecule has 1 unspecified atom stereocenters. The third-order valence-electron chi connectivity index (χ3n) is 3.88. The monoisotopic (exact) mass is 284 g/mol. The summed E-state index contributed by atoms with van der Waals surface area (Å²) in [6.07, 6.45) is 0.828. The minimum atomic E-state index is 0.105. The Hall–Kier alpha value is -1.84. The van der Waals surface area contributed by atoms with Crippen LogP contribution in [0.5, 0.6) is 5.75 Å². The van der Waals surface area contributed by atoms with Crippen LogP contribution in [0, 0.1) is 20.8 Å². The van der Waals surface area contributed by atoms with Gasteiger partial charge in [-0.15, -0.1) is 0 Å². The van der Waals surface area contributed by atoms with Gasteiger partial charge in [0.05, 0.1) is 6.61 Å². The van der Waals surface area contributed by atoms with E-state index in [4.69, 9.17) is 10.6 Å². The van der Waals surface area contributed by atoms with Crippen LogP contribution in [-0.4, -0.2) is 6.61 Å².